The Hall–Kier alpha value is -4.99. The number of nitrogens with zero attached hydrogens (tertiary/aromatic N) is 2. The van der Waals surface area contributed by atoms with Gasteiger partial charge in [0.15, 0.2) is 0 Å². The number of ether oxygens (including phenoxy) is 2. The Bertz CT molecular complexity index is 1440. The summed E-state index contributed by atoms with van der Waals surface area (Å²) in [5.74, 6) is -0.804. The maximum atomic E-state index is 13.4. The van der Waals surface area contributed by atoms with Crippen molar-refractivity contribution in [1.82, 2.24) is 5.32 Å². The molecule has 0 saturated carbocycles. The maximum absolute atomic E-state index is 13.4. The molecule has 1 fully saturated rings. The Morgan fingerprint density at radius 1 is 1.03 bits per heavy atom. The van der Waals surface area contributed by atoms with Crippen molar-refractivity contribution in [3.63, 3.8) is 0 Å². The SMILES string of the molecule is COc1ccc(/C=C2\C(=O)NC(=O)N(c3cccc(C)c3C)C2=O)c(OCc2ccc([N+](=O)[O-])cc2)c1. The predicted octanol–water partition coefficient (Wildman–Crippen LogP) is 4.47. The number of urea groups is 1. The fourth-order valence-electron chi connectivity index (χ4n) is 3.77. The fraction of sp³-hybridized carbons (Fsp3) is 0.148. The topological polar surface area (TPSA) is 128 Å². The highest BCUT2D eigenvalue weighted by Gasteiger charge is 2.37. The van der Waals surface area contributed by atoms with Crippen LogP contribution < -0.4 is 19.7 Å². The maximum Gasteiger partial charge on any atom is 0.335 e. The summed E-state index contributed by atoms with van der Waals surface area (Å²) in [5.41, 5.74) is 2.78. The van der Waals surface area contributed by atoms with Gasteiger partial charge in [-0.1, -0.05) is 12.1 Å². The van der Waals surface area contributed by atoms with Crippen LogP contribution in [0.25, 0.3) is 6.08 Å². The number of methoxy groups -OCH3 is 1. The molecule has 1 saturated heterocycles. The number of nitro groups is 1. The molecule has 0 spiro atoms. The van der Waals surface area contributed by atoms with Gasteiger partial charge in [0, 0.05) is 23.8 Å². The van der Waals surface area contributed by atoms with Gasteiger partial charge < -0.3 is 9.47 Å². The molecule has 1 aliphatic heterocycles. The molecule has 3 aromatic rings. The van der Waals surface area contributed by atoms with Gasteiger partial charge in [0.05, 0.1) is 17.7 Å². The van der Waals surface area contributed by atoms with E-state index in [4.69, 9.17) is 9.47 Å². The van der Waals surface area contributed by atoms with Crippen molar-refractivity contribution in [3.8, 4) is 11.5 Å². The van der Waals surface area contributed by atoms with Crippen LogP contribution in [-0.2, 0) is 16.2 Å². The number of nitro benzene ring substituents is 1. The molecule has 10 nitrogen and oxygen atoms in total. The van der Waals surface area contributed by atoms with E-state index in [1.807, 2.05) is 13.0 Å². The zero-order chi connectivity index (χ0) is 26.7. The number of amides is 4. The number of rotatable bonds is 7. The minimum Gasteiger partial charge on any atom is -0.497 e. The fourth-order valence-corrected chi connectivity index (χ4v) is 3.77. The van der Waals surface area contributed by atoms with E-state index >= 15 is 0 Å². The Kier molecular flexibility index (Phi) is 7.01. The number of carbonyl (C=O) groups excluding carboxylic acids is 3. The molecule has 0 aromatic heterocycles. The highest BCUT2D eigenvalue weighted by atomic mass is 16.6. The molecule has 4 amide bonds. The van der Waals surface area contributed by atoms with Crippen molar-refractivity contribution < 1.29 is 28.8 Å². The first-order chi connectivity index (χ1) is 17.7. The number of anilines is 1. The van der Waals surface area contributed by atoms with E-state index in [0.717, 1.165) is 16.0 Å². The van der Waals surface area contributed by atoms with Gasteiger partial charge in [-0.15, -0.1) is 0 Å². The molecule has 1 heterocycles. The lowest BCUT2D eigenvalue weighted by Gasteiger charge is -2.28. The third-order valence-corrected chi connectivity index (χ3v) is 5.98. The molecular weight excluding hydrogens is 478 g/mol. The van der Waals surface area contributed by atoms with Gasteiger partial charge in [0.2, 0.25) is 0 Å². The van der Waals surface area contributed by atoms with E-state index in [2.05, 4.69) is 5.32 Å². The third-order valence-electron chi connectivity index (χ3n) is 5.98. The molecule has 0 aliphatic carbocycles. The predicted molar refractivity (Wildman–Crippen MR) is 135 cm³/mol. The van der Waals surface area contributed by atoms with Crippen LogP contribution in [0.15, 0.2) is 66.2 Å². The number of barbiturate groups is 1. The number of hydrogen-bond donors (Lipinski definition) is 1. The number of benzene rings is 3. The lowest BCUT2D eigenvalue weighted by atomic mass is 10.0. The lowest BCUT2D eigenvalue weighted by Crippen LogP contribution is -2.54. The summed E-state index contributed by atoms with van der Waals surface area (Å²) in [6.45, 7) is 3.71. The number of imide groups is 2. The van der Waals surface area contributed by atoms with Crippen molar-refractivity contribution in [3.05, 3.63) is 98.6 Å². The number of hydrogen-bond acceptors (Lipinski definition) is 7. The second-order valence-corrected chi connectivity index (χ2v) is 8.29. The zero-order valence-electron chi connectivity index (χ0n) is 20.3. The zero-order valence-corrected chi connectivity index (χ0v) is 20.3. The van der Waals surface area contributed by atoms with Crippen molar-refractivity contribution in [2.75, 3.05) is 12.0 Å². The first-order valence-electron chi connectivity index (χ1n) is 11.2. The highest BCUT2D eigenvalue weighted by Crippen LogP contribution is 2.31. The quantitative estimate of drug-likeness (QED) is 0.219. The summed E-state index contributed by atoms with van der Waals surface area (Å²) in [6.07, 6.45) is 1.35. The summed E-state index contributed by atoms with van der Waals surface area (Å²) < 4.78 is 11.2. The second kappa shape index (κ2) is 10.3. The molecule has 10 heteroatoms. The standard InChI is InChI=1S/C27H23N3O7/c1-16-5-4-6-23(17(16)2)29-26(32)22(25(31)28-27(29)33)13-19-9-12-21(36-3)14-24(19)37-15-18-7-10-20(11-8-18)30(34)35/h4-14H,15H2,1-3H3,(H,28,31,33)/b22-13+. The van der Waals surface area contributed by atoms with Gasteiger partial charge >= 0.3 is 6.03 Å². The summed E-state index contributed by atoms with van der Waals surface area (Å²) in [6, 6.07) is 15.1. The molecule has 3 aromatic carbocycles. The summed E-state index contributed by atoms with van der Waals surface area (Å²) in [5, 5.41) is 13.1. The van der Waals surface area contributed by atoms with Gasteiger partial charge in [-0.05, 0) is 66.9 Å². The van der Waals surface area contributed by atoms with E-state index in [9.17, 15) is 24.5 Å². The van der Waals surface area contributed by atoms with Crippen LogP contribution in [-0.4, -0.2) is 29.9 Å². The van der Waals surface area contributed by atoms with Gasteiger partial charge in [0.1, 0.15) is 23.7 Å². The highest BCUT2D eigenvalue weighted by molar-refractivity contribution is 6.39. The number of aryl methyl sites for hydroxylation is 1. The molecule has 37 heavy (non-hydrogen) atoms. The van der Waals surface area contributed by atoms with Gasteiger partial charge in [0.25, 0.3) is 17.5 Å². The molecule has 4 rings (SSSR count). The summed E-state index contributed by atoms with van der Waals surface area (Å²) in [4.78, 5) is 50.0. The summed E-state index contributed by atoms with van der Waals surface area (Å²) >= 11 is 0. The Morgan fingerprint density at radius 3 is 2.43 bits per heavy atom. The van der Waals surface area contributed by atoms with Crippen molar-refractivity contribution in [2.45, 2.75) is 20.5 Å². The Balaban J connectivity index is 1.68. The first-order valence-corrected chi connectivity index (χ1v) is 11.2. The Morgan fingerprint density at radius 2 is 1.76 bits per heavy atom. The number of non-ortho nitro benzene ring substituents is 1. The minimum atomic E-state index is -0.828. The molecule has 0 radical (unpaired) electrons. The number of carbonyl (C=O) groups is 3. The van der Waals surface area contributed by atoms with E-state index in [1.165, 1.54) is 25.3 Å². The third kappa shape index (κ3) is 5.18. The normalized spacial score (nSPS) is 14.5. The molecular formula is C27H23N3O7. The van der Waals surface area contributed by atoms with Crippen LogP contribution in [0.2, 0.25) is 0 Å². The van der Waals surface area contributed by atoms with Crippen LogP contribution in [0, 0.1) is 24.0 Å². The largest absolute Gasteiger partial charge is 0.497 e. The molecule has 1 aliphatic rings. The molecule has 0 bridgehead atoms. The van der Waals surface area contributed by atoms with Gasteiger partial charge in [-0.25, -0.2) is 9.69 Å². The van der Waals surface area contributed by atoms with Crippen LogP contribution >= 0.6 is 0 Å². The van der Waals surface area contributed by atoms with E-state index in [1.54, 1.807) is 49.4 Å². The van der Waals surface area contributed by atoms with Crippen LogP contribution in [0.5, 0.6) is 11.5 Å². The van der Waals surface area contributed by atoms with Crippen molar-refractivity contribution >= 4 is 35.3 Å². The van der Waals surface area contributed by atoms with Crippen LogP contribution in [0.3, 0.4) is 0 Å². The smallest absolute Gasteiger partial charge is 0.335 e. The van der Waals surface area contributed by atoms with Crippen LogP contribution in [0.1, 0.15) is 22.3 Å². The average molecular weight is 501 g/mol. The molecule has 188 valence electrons. The minimum absolute atomic E-state index is 0.0414. The summed E-state index contributed by atoms with van der Waals surface area (Å²) in [7, 11) is 1.49. The number of nitrogens with one attached hydrogen (secondary N) is 1. The van der Waals surface area contributed by atoms with E-state index < -0.39 is 22.8 Å². The molecule has 0 unspecified atom stereocenters. The first kappa shape index (κ1) is 25.1. The Labute approximate surface area is 212 Å². The van der Waals surface area contributed by atoms with Gasteiger partial charge in [-0.3, -0.25) is 25.0 Å². The monoisotopic (exact) mass is 501 g/mol. The molecule has 1 N–H and O–H groups in total. The lowest BCUT2D eigenvalue weighted by molar-refractivity contribution is -0.384. The van der Waals surface area contributed by atoms with E-state index in [-0.39, 0.29) is 17.9 Å². The van der Waals surface area contributed by atoms with Crippen molar-refractivity contribution in [1.29, 1.82) is 0 Å². The molecule has 0 atom stereocenters. The van der Waals surface area contributed by atoms with E-state index in [0.29, 0.717) is 28.3 Å². The van der Waals surface area contributed by atoms with Crippen LogP contribution in [0.4, 0.5) is 16.2 Å². The average Bonchev–Trinajstić information content (AvgIpc) is 2.88. The van der Waals surface area contributed by atoms with Crippen molar-refractivity contribution in [2.24, 2.45) is 0 Å². The van der Waals surface area contributed by atoms with Gasteiger partial charge in [-0.2, -0.15) is 0 Å². The second-order valence-electron chi connectivity index (χ2n) is 8.29.